The third-order valence-electron chi connectivity index (χ3n) is 3.42. The summed E-state index contributed by atoms with van der Waals surface area (Å²) in [7, 11) is 0. The van der Waals surface area contributed by atoms with Crippen LogP contribution in [-0.4, -0.2) is 22.2 Å². The molecule has 4 nitrogen and oxygen atoms in total. The Hall–Kier alpha value is -1.81. The molecule has 5 heteroatoms. The number of halogens is 1. The molecule has 0 spiro atoms. The van der Waals surface area contributed by atoms with E-state index in [0.29, 0.717) is 23.7 Å². The average Bonchev–Trinajstić information content (AvgIpc) is 2.73. The van der Waals surface area contributed by atoms with E-state index in [9.17, 15) is 4.79 Å². The maximum absolute atomic E-state index is 12.2. The van der Waals surface area contributed by atoms with Crippen molar-refractivity contribution in [3.63, 3.8) is 0 Å². The Morgan fingerprint density at radius 3 is 2.71 bits per heavy atom. The van der Waals surface area contributed by atoms with Gasteiger partial charge in [-0.05, 0) is 31.9 Å². The number of hydrogen-bond donors (Lipinski definition) is 1. The molecule has 2 aromatic rings. The van der Waals surface area contributed by atoms with Crippen molar-refractivity contribution in [1.29, 1.82) is 0 Å². The Labute approximate surface area is 130 Å². The standard InChI is InChI=1S/C16H20ClN3O/c1-4-9-18-16(21)15-11(2)19-20(12(15)3)10-13-7-5-6-8-14(13)17/h5-8H,4,9-10H2,1-3H3,(H,18,21). The molecule has 1 aromatic carbocycles. The number of rotatable bonds is 5. The minimum atomic E-state index is -0.0581. The van der Waals surface area contributed by atoms with Gasteiger partial charge in [0.05, 0.1) is 17.8 Å². The molecule has 21 heavy (non-hydrogen) atoms. The average molecular weight is 306 g/mol. The van der Waals surface area contributed by atoms with E-state index in [2.05, 4.69) is 10.4 Å². The van der Waals surface area contributed by atoms with Crippen LogP contribution in [-0.2, 0) is 6.54 Å². The molecule has 1 amide bonds. The molecule has 0 aliphatic rings. The van der Waals surface area contributed by atoms with Crippen LogP contribution < -0.4 is 5.32 Å². The van der Waals surface area contributed by atoms with Crippen molar-refractivity contribution in [3.05, 3.63) is 51.8 Å². The predicted molar refractivity (Wildman–Crippen MR) is 84.9 cm³/mol. The van der Waals surface area contributed by atoms with Crippen LogP contribution in [0.5, 0.6) is 0 Å². The summed E-state index contributed by atoms with van der Waals surface area (Å²) in [5.74, 6) is -0.0581. The van der Waals surface area contributed by atoms with Crippen LogP contribution in [0.1, 0.15) is 40.7 Å². The van der Waals surface area contributed by atoms with Gasteiger partial charge in [-0.25, -0.2) is 0 Å². The summed E-state index contributed by atoms with van der Waals surface area (Å²) in [5, 5.41) is 8.08. The summed E-state index contributed by atoms with van der Waals surface area (Å²) in [6, 6.07) is 7.67. The van der Waals surface area contributed by atoms with Crippen LogP contribution in [0.25, 0.3) is 0 Å². The molecule has 1 heterocycles. The van der Waals surface area contributed by atoms with E-state index in [-0.39, 0.29) is 5.91 Å². The molecular formula is C16H20ClN3O. The van der Waals surface area contributed by atoms with Gasteiger partial charge < -0.3 is 5.32 Å². The molecule has 0 aliphatic carbocycles. The van der Waals surface area contributed by atoms with E-state index in [4.69, 9.17) is 11.6 Å². The molecule has 112 valence electrons. The molecule has 0 bridgehead atoms. The van der Waals surface area contributed by atoms with Crippen molar-refractivity contribution in [1.82, 2.24) is 15.1 Å². The van der Waals surface area contributed by atoms with E-state index in [0.717, 1.165) is 23.4 Å². The van der Waals surface area contributed by atoms with E-state index >= 15 is 0 Å². The van der Waals surface area contributed by atoms with E-state index < -0.39 is 0 Å². The molecule has 0 atom stereocenters. The Bertz CT molecular complexity index is 649. The Morgan fingerprint density at radius 2 is 2.05 bits per heavy atom. The van der Waals surface area contributed by atoms with E-state index in [1.54, 1.807) is 0 Å². The van der Waals surface area contributed by atoms with Crippen LogP contribution in [0, 0.1) is 13.8 Å². The second-order valence-electron chi connectivity index (χ2n) is 5.05. The molecule has 1 N–H and O–H groups in total. The third kappa shape index (κ3) is 3.45. The highest BCUT2D eigenvalue weighted by atomic mass is 35.5. The zero-order valence-corrected chi connectivity index (χ0v) is 13.4. The maximum atomic E-state index is 12.2. The molecule has 0 unspecified atom stereocenters. The number of hydrogen-bond acceptors (Lipinski definition) is 2. The van der Waals surface area contributed by atoms with Gasteiger partial charge in [0.2, 0.25) is 0 Å². The van der Waals surface area contributed by atoms with E-state index in [1.807, 2.05) is 49.7 Å². The van der Waals surface area contributed by atoms with Gasteiger partial charge in [0.1, 0.15) is 0 Å². The monoisotopic (exact) mass is 305 g/mol. The fraction of sp³-hybridized carbons (Fsp3) is 0.375. The SMILES string of the molecule is CCCNC(=O)c1c(C)nn(Cc2ccccc2Cl)c1C. The van der Waals surface area contributed by atoms with Gasteiger partial charge in [-0.3, -0.25) is 9.48 Å². The number of nitrogens with one attached hydrogen (secondary N) is 1. The number of carbonyl (C=O) groups excluding carboxylic acids is 1. The maximum Gasteiger partial charge on any atom is 0.255 e. The fourth-order valence-electron chi connectivity index (χ4n) is 2.29. The van der Waals surface area contributed by atoms with Crippen LogP contribution in [0.4, 0.5) is 0 Å². The number of carbonyl (C=O) groups is 1. The molecule has 0 fully saturated rings. The highest BCUT2D eigenvalue weighted by Crippen LogP contribution is 2.19. The van der Waals surface area contributed by atoms with Gasteiger partial charge >= 0.3 is 0 Å². The summed E-state index contributed by atoms with van der Waals surface area (Å²) in [4.78, 5) is 12.2. The summed E-state index contributed by atoms with van der Waals surface area (Å²) in [5.41, 5.74) is 3.26. The second kappa shape index (κ2) is 6.76. The van der Waals surface area contributed by atoms with Crippen LogP contribution >= 0.6 is 11.6 Å². The molecule has 2 rings (SSSR count). The lowest BCUT2D eigenvalue weighted by Crippen LogP contribution is -2.25. The first-order valence-electron chi connectivity index (χ1n) is 7.10. The van der Waals surface area contributed by atoms with Crippen LogP contribution in [0.15, 0.2) is 24.3 Å². The normalized spacial score (nSPS) is 10.7. The summed E-state index contributed by atoms with van der Waals surface area (Å²) < 4.78 is 1.83. The molecule has 0 saturated heterocycles. The highest BCUT2D eigenvalue weighted by molar-refractivity contribution is 6.31. The number of benzene rings is 1. The lowest BCUT2D eigenvalue weighted by atomic mass is 10.1. The molecule has 0 radical (unpaired) electrons. The van der Waals surface area contributed by atoms with Crippen LogP contribution in [0.2, 0.25) is 5.02 Å². The van der Waals surface area contributed by atoms with Gasteiger partial charge in [-0.1, -0.05) is 36.7 Å². The van der Waals surface area contributed by atoms with Gasteiger partial charge in [0, 0.05) is 17.3 Å². The lowest BCUT2D eigenvalue weighted by molar-refractivity contribution is 0.0952. The Morgan fingerprint density at radius 1 is 1.33 bits per heavy atom. The van der Waals surface area contributed by atoms with Gasteiger partial charge in [0.25, 0.3) is 5.91 Å². The second-order valence-corrected chi connectivity index (χ2v) is 5.46. The fourth-order valence-corrected chi connectivity index (χ4v) is 2.49. The number of aryl methyl sites for hydroxylation is 1. The minimum absolute atomic E-state index is 0.0581. The van der Waals surface area contributed by atoms with Gasteiger partial charge in [-0.15, -0.1) is 0 Å². The Balaban J connectivity index is 2.27. The summed E-state index contributed by atoms with van der Waals surface area (Å²) >= 11 is 6.18. The molecule has 0 aliphatic heterocycles. The Kier molecular flexibility index (Phi) is 5.02. The minimum Gasteiger partial charge on any atom is -0.352 e. The summed E-state index contributed by atoms with van der Waals surface area (Å²) in [6.45, 7) is 7.04. The van der Waals surface area contributed by atoms with E-state index in [1.165, 1.54) is 0 Å². The zero-order chi connectivity index (χ0) is 15.4. The quantitative estimate of drug-likeness (QED) is 0.921. The van der Waals surface area contributed by atoms with Crippen molar-refractivity contribution in [2.24, 2.45) is 0 Å². The molecular weight excluding hydrogens is 286 g/mol. The van der Waals surface area contributed by atoms with Crippen molar-refractivity contribution in [3.8, 4) is 0 Å². The van der Waals surface area contributed by atoms with Crippen molar-refractivity contribution in [2.45, 2.75) is 33.7 Å². The molecule has 1 aromatic heterocycles. The van der Waals surface area contributed by atoms with Crippen molar-refractivity contribution >= 4 is 17.5 Å². The molecule has 0 saturated carbocycles. The third-order valence-corrected chi connectivity index (χ3v) is 3.79. The lowest BCUT2D eigenvalue weighted by Gasteiger charge is -2.07. The first-order valence-corrected chi connectivity index (χ1v) is 7.48. The first-order chi connectivity index (χ1) is 10.0. The highest BCUT2D eigenvalue weighted by Gasteiger charge is 2.18. The van der Waals surface area contributed by atoms with Gasteiger partial charge in [0.15, 0.2) is 0 Å². The topological polar surface area (TPSA) is 46.9 Å². The van der Waals surface area contributed by atoms with Crippen LogP contribution in [0.3, 0.4) is 0 Å². The smallest absolute Gasteiger partial charge is 0.255 e. The van der Waals surface area contributed by atoms with Gasteiger partial charge in [-0.2, -0.15) is 5.10 Å². The first kappa shape index (κ1) is 15.6. The summed E-state index contributed by atoms with van der Waals surface area (Å²) in [6.07, 6.45) is 0.914. The van der Waals surface area contributed by atoms with Crippen molar-refractivity contribution in [2.75, 3.05) is 6.54 Å². The number of nitrogens with zero attached hydrogens (tertiary/aromatic N) is 2. The predicted octanol–water partition coefficient (Wildman–Crippen LogP) is 3.34. The zero-order valence-electron chi connectivity index (χ0n) is 12.6. The number of amides is 1. The number of aromatic nitrogens is 2. The largest absolute Gasteiger partial charge is 0.352 e. The van der Waals surface area contributed by atoms with Crippen molar-refractivity contribution < 1.29 is 4.79 Å².